The third-order valence-corrected chi connectivity index (χ3v) is 2.41. The summed E-state index contributed by atoms with van der Waals surface area (Å²) < 4.78 is 7.17. The minimum Gasteiger partial charge on any atom is -0.385 e. The van der Waals surface area contributed by atoms with Crippen LogP contribution in [0.3, 0.4) is 0 Å². The number of nitrogens with two attached hydrogens (primary N) is 1. The van der Waals surface area contributed by atoms with Crippen LogP contribution in [0.15, 0.2) is 18.5 Å². The summed E-state index contributed by atoms with van der Waals surface area (Å²) in [4.78, 5) is 0. The lowest BCUT2D eigenvalue weighted by Crippen LogP contribution is -2.07. The molecule has 0 fully saturated rings. The number of ether oxygens (including phenoxy) is 1. The molecule has 1 unspecified atom stereocenters. The molecule has 1 atom stereocenters. The van der Waals surface area contributed by atoms with E-state index >= 15 is 0 Å². The molecule has 0 amide bonds. The first-order chi connectivity index (χ1) is 6.77. The first-order valence-electron chi connectivity index (χ1n) is 5.18. The number of hydrogen-bond donors (Lipinski definition) is 1. The average Bonchev–Trinajstić information content (AvgIpc) is 2.66. The molecule has 0 aromatic carbocycles. The van der Waals surface area contributed by atoms with Gasteiger partial charge in [0.25, 0.3) is 0 Å². The van der Waals surface area contributed by atoms with Crippen LogP contribution in [-0.2, 0) is 11.3 Å². The summed E-state index contributed by atoms with van der Waals surface area (Å²) in [6, 6.07) is 2.28. The first-order valence-corrected chi connectivity index (χ1v) is 5.18. The Hall–Kier alpha value is -0.800. The Morgan fingerprint density at radius 1 is 1.57 bits per heavy atom. The van der Waals surface area contributed by atoms with E-state index in [2.05, 4.69) is 30.0 Å². The molecule has 3 nitrogen and oxygen atoms in total. The molecule has 0 saturated heterocycles. The molecule has 1 aromatic rings. The van der Waals surface area contributed by atoms with Gasteiger partial charge in [0.1, 0.15) is 0 Å². The van der Waals surface area contributed by atoms with E-state index < -0.39 is 0 Å². The molecule has 0 aliphatic heterocycles. The Labute approximate surface area is 85.9 Å². The van der Waals surface area contributed by atoms with Gasteiger partial charge in [-0.1, -0.05) is 6.92 Å². The van der Waals surface area contributed by atoms with Crippen LogP contribution in [0.5, 0.6) is 0 Å². The van der Waals surface area contributed by atoms with Gasteiger partial charge in [-0.25, -0.2) is 0 Å². The van der Waals surface area contributed by atoms with E-state index in [0.717, 1.165) is 26.0 Å². The second-order valence-corrected chi connectivity index (χ2v) is 3.54. The van der Waals surface area contributed by atoms with Crippen molar-refractivity contribution in [3.8, 4) is 0 Å². The number of hydrogen-bond acceptors (Lipinski definition) is 2. The molecule has 1 heterocycles. The van der Waals surface area contributed by atoms with E-state index in [0.29, 0.717) is 0 Å². The summed E-state index contributed by atoms with van der Waals surface area (Å²) in [7, 11) is 1.73. The summed E-state index contributed by atoms with van der Waals surface area (Å²) >= 11 is 0. The zero-order chi connectivity index (χ0) is 10.4. The predicted octanol–water partition coefficient (Wildman–Crippen LogP) is 1.93. The van der Waals surface area contributed by atoms with Crippen LogP contribution in [0.4, 0.5) is 0 Å². The van der Waals surface area contributed by atoms with Crippen molar-refractivity contribution in [1.82, 2.24) is 4.57 Å². The minimum atomic E-state index is 0.179. The molecular weight excluding hydrogens is 176 g/mol. The molecule has 1 rings (SSSR count). The van der Waals surface area contributed by atoms with Crippen LogP contribution in [0.25, 0.3) is 0 Å². The van der Waals surface area contributed by atoms with Crippen molar-refractivity contribution in [3.63, 3.8) is 0 Å². The molecule has 0 aliphatic carbocycles. The second-order valence-electron chi connectivity index (χ2n) is 3.54. The number of rotatable bonds is 6. The van der Waals surface area contributed by atoms with Gasteiger partial charge in [-0.3, -0.25) is 0 Å². The average molecular weight is 196 g/mol. The number of nitrogens with zero attached hydrogens (tertiary/aromatic N) is 1. The van der Waals surface area contributed by atoms with Crippen molar-refractivity contribution in [3.05, 3.63) is 24.0 Å². The first kappa shape index (κ1) is 11.3. The third kappa shape index (κ3) is 3.16. The summed E-state index contributed by atoms with van der Waals surface area (Å²) in [5.74, 6) is 0. The minimum absolute atomic E-state index is 0.179. The van der Waals surface area contributed by atoms with Crippen molar-refractivity contribution in [2.45, 2.75) is 32.4 Å². The normalized spacial score (nSPS) is 13.1. The van der Waals surface area contributed by atoms with Crippen molar-refractivity contribution in [2.75, 3.05) is 13.7 Å². The Morgan fingerprint density at radius 3 is 3.00 bits per heavy atom. The topological polar surface area (TPSA) is 40.2 Å². The molecular formula is C11H20N2O. The molecule has 0 aliphatic rings. The van der Waals surface area contributed by atoms with E-state index in [9.17, 15) is 0 Å². The highest BCUT2D eigenvalue weighted by atomic mass is 16.5. The lowest BCUT2D eigenvalue weighted by molar-refractivity contribution is 0.190. The summed E-state index contributed by atoms with van der Waals surface area (Å²) in [5, 5.41) is 0. The fourth-order valence-corrected chi connectivity index (χ4v) is 1.44. The van der Waals surface area contributed by atoms with Gasteiger partial charge in [0.2, 0.25) is 0 Å². The van der Waals surface area contributed by atoms with Crippen LogP contribution in [-0.4, -0.2) is 18.3 Å². The number of methoxy groups -OCH3 is 1. The Kier molecular flexibility index (Phi) is 4.70. The maximum atomic E-state index is 5.92. The Morgan fingerprint density at radius 2 is 2.36 bits per heavy atom. The standard InChI is InChI=1S/C11H20N2O/c1-3-11(12)10-5-7-13(9-10)6-4-8-14-2/h5,7,9,11H,3-4,6,8,12H2,1-2H3. The molecule has 0 saturated carbocycles. The smallest absolute Gasteiger partial charge is 0.0479 e. The van der Waals surface area contributed by atoms with E-state index in [4.69, 9.17) is 10.5 Å². The second kappa shape index (κ2) is 5.83. The van der Waals surface area contributed by atoms with Crippen LogP contribution in [0.2, 0.25) is 0 Å². The SMILES string of the molecule is CCC(N)c1ccn(CCCOC)c1. The predicted molar refractivity (Wildman–Crippen MR) is 58.1 cm³/mol. The van der Waals surface area contributed by atoms with Gasteiger partial charge < -0.3 is 15.0 Å². The molecule has 1 aromatic heterocycles. The molecule has 0 bridgehead atoms. The van der Waals surface area contributed by atoms with Crippen molar-refractivity contribution >= 4 is 0 Å². The van der Waals surface area contributed by atoms with Crippen LogP contribution in [0, 0.1) is 0 Å². The maximum Gasteiger partial charge on any atom is 0.0479 e. The van der Waals surface area contributed by atoms with Crippen molar-refractivity contribution in [2.24, 2.45) is 5.73 Å². The number of aromatic nitrogens is 1. The third-order valence-electron chi connectivity index (χ3n) is 2.41. The van der Waals surface area contributed by atoms with Gasteiger partial charge >= 0.3 is 0 Å². The summed E-state index contributed by atoms with van der Waals surface area (Å²) in [6.45, 7) is 3.92. The molecule has 3 heteroatoms. The van der Waals surface area contributed by atoms with Crippen LogP contribution < -0.4 is 5.73 Å². The zero-order valence-corrected chi connectivity index (χ0v) is 9.07. The molecule has 0 radical (unpaired) electrons. The number of aryl methyl sites for hydroxylation is 1. The lowest BCUT2D eigenvalue weighted by atomic mass is 10.1. The molecule has 80 valence electrons. The quantitative estimate of drug-likeness (QED) is 0.706. The van der Waals surface area contributed by atoms with Gasteiger partial charge in [-0.15, -0.1) is 0 Å². The van der Waals surface area contributed by atoms with Gasteiger partial charge in [0.15, 0.2) is 0 Å². The maximum absolute atomic E-state index is 5.92. The molecule has 14 heavy (non-hydrogen) atoms. The van der Waals surface area contributed by atoms with Gasteiger partial charge in [-0.2, -0.15) is 0 Å². The summed E-state index contributed by atoms with van der Waals surface area (Å²) in [6.07, 6.45) is 6.25. The molecule has 2 N–H and O–H groups in total. The van der Waals surface area contributed by atoms with E-state index in [1.54, 1.807) is 7.11 Å². The van der Waals surface area contributed by atoms with Crippen LogP contribution >= 0.6 is 0 Å². The fourth-order valence-electron chi connectivity index (χ4n) is 1.44. The highest BCUT2D eigenvalue weighted by molar-refractivity contribution is 5.14. The lowest BCUT2D eigenvalue weighted by Gasteiger charge is -2.05. The Balaban J connectivity index is 2.42. The van der Waals surface area contributed by atoms with Crippen molar-refractivity contribution < 1.29 is 4.74 Å². The van der Waals surface area contributed by atoms with Gasteiger partial charge in [-0.05, 0) is 24.5 Å². The van der Waals surface area contributed by atoms with E-state index in [-0.39, 0.29) is 6.04 Å². The molecule has 0 spiro atoms. The van der Waals surface area contributed by atoms with Crippen LogP contribution in [0.1, 0.15) is 31.4 Å². The monoisotopic (exact) mass is 196 g/mol. The van der Waals surface area contributed by atoms with E-state index in [1.807, 2.05) is 0 Å². The Bertz CT molecular complexity index is 258. The fraction of sp³-hybridized carbons (Fsp3) is 0.636. The summed E-state index contributed by atoms with van der Waals surface area (Å²) in [5.41, 5.74) is 7.15. The largest absolute Gasteiger partial charge is 0.385 e. The highest BCUT2D eigenvalue weighted by Gasteiger charge is 2.04. The highest BCUT2D eigenvalue weighted by Crippen LogP contribution is 2.13. The van der Waals surface area contributed by atoms with E-state index in [1.165, 1.54) is 5.56 Å². The van der Waals surface area contributed by atoms with Crippen molar-refractivity contribution in [1.29, 1.82) is 0 Å². The zero-order valence-electron chi connectivity index (χ0n) is 9.07. The van der Waals surface area contributed by atoms with Gasteiger partial charge in [0, 0.05) is 38.7 Å². The van der Waals surface area contributed by atoms with Gasteiger partial charge in [0.05, 0.1) is 0 Å².